The minimum atomic E-state index is -0.495. The summed E-state index contributed by atoms with van der Waals surface area (Å²) in [5.74, 6) is 0.902. The van der Waals surface area contributed by atoms with Crippen molar-refractivity contribution in [2.24, 2.45) is 0 Å². The van der Waals surface area contributed by atoms with Crippen molar-refractivity contribution in [2.45, 2.75) is 6.42 Å². The molecule has 3 heterocycles. The van der Waals surface area contributed by atoms with Gasteiger partial charge in [-0.3, -0.25) is 0 Å². The van der Waals surface area contributed by atoms with Crippen LogP contribution in [-0.4, -0.2) is 22.2 Å². The second-order valence-electron chi connectivity index (χ2n) is 6.65. The Morgan fingerprint density at radius 2 is 1.97 bits per heavy atom. The van der Waals surface area contributed by atoms with Gasteiger partial charge in [0.2, 0.25) is 11.7 Å². The summed E-state index contributed by atoms with van der Waals surface area (Å²) in [6.07, 6.45) is 0.311. The standard InChI is InChI=1S/C22H14FN3O4S/c1-28-17-4-2-3-13-9-15(22(27)29-20(13)17)16-11-31-19(24-16)10-18-25-21(26-30-18)12-5-7-14(23)8-6-12/h2-9,11H,10H2,1H3. The fourth-order valence-electron chi connectivity index (χ4n) is 3.15. The number of fused-ring (bicyclic) bond motifs is 1. The Kier molecular flexibility index (Phi) is 4.79. The summed E-state index contributed by atoms with van der Waals surface area (Å²) in [6, 6.07) is 13.0. The maximum atomic E-state index is 13.1. The van der Waals surface area contributed by atoms with Crippen molar-refractivity contribution in [3.05, 3.63) is 81.0 Å². The SMILES string of the molecule is COc1cccc2cc(-c3csc(Cc4nc(-c5ccc(F)cc5)no4)n3)c(=O)oc12. The largest absolute Gasteiger partial charge is 0.493 e. The molecule has 7 nitrogen and oxygen atoms in total. The topological polar surface area (TPSA) is 91.3 Å². The highest BCUT2D eigenvalue weighted by Crippen LogP contribution is 2.28. The number of halogens is 1. The van der Waals surface area contributed by atoms with Gasteiger partial charge in [-0.1, -0.05) is 17.3 Å². The number of rotatable bonds is 5. The summed E-state index contributed by atoms with van der Waals surface area (Å²) < 4.78 is 29.1. The second kappa shape index (κ2) is 7.77. The minimum Gasteiger partial charge on any atom is -0.493 e. The molecule has 3 aromatic heterocycles. The van der Waals surface area contributed by atoms with Crippen LogP contribution in [0.4, 0.5) is 4.39 Å². The molecule has 0 N–H and O–H groups in total. The first-order valence-corrected chi connectivity index (χ1v) is 10.1. The molecule has 0 aliphatic heterocycles. The molecule has 0 aliphatic rings. The van der Waals surface area contributed by atoms with E-state index < -0.39 is 5.63 Å². The molecule has 2 aromatic carbocycles. The Bertz CT molecular complexity index is 1440. The quantitative estimate of drug-likeness (QED) is 0.369. The first-order chi connectivity index (χ1) is 15.1. The maximum absolute atomic E-state index is 13.1. The number of hydrogen-bond acceptors (Lipinski definition) is 8. The van der Waals surface area contributed by atoms with E-state index in [4.69, 9.17) is 13.7 Å². The fraction of sp³-hybridized carbons (Fsp3) is 0.0909. The third kappa shape index (κ3) is 3.71. The Labute approximate surface area is 178 Å². The normalized spacial score (nSPS) is 11.2. The summed E-state index contributed by atoms with van der Waals surface area (Å²) in [5.41, 5.74) is 1.43. The van der Waals surface area contributed by atoms with Crippen molar-refractivity contribution < 1.29 is 18.1 Å². The monoisotopic (exact) mass is 435 g/mol. The number of nitrogens with zero attached hydrogens (tertiary/aromatic N) is 3. The predicted octanol–water partition coefficient (Wildman–Crippen LogP) is 4.71. The van der Waals surface area contributed by atoms with Crippen LogP contribution in [0.3, 0.4) is 0 Å². The van der Waals surface area contributed by atoms with E-state index in [1.165, 1.54) is 30.6 Å². The molecule has 5 aromatic rings. The van der Waals surface area contributed by atoms with E-state index in [-0.39, 0.29) is 5.82 Å². The molecule has 0 bridgehead atoms. The zero-order valence-corrected chi connectivity index (χ0v) is 17.0. The first-order valence-electron chi connectivity index (χ1n) is 9.25. The number of methoxy groups -OCH3 is 1. The smallest absolute Gasteiger partial charge is 0.345 e. The molecular formula is C22H14FN3O4S. The van der Waals surface area contributed by atoms with Gasteiger partial charge in [-0.2, -0.15) is 4.98 Å². The molecule has 9 heteroatoms. The fourth-order valence-corrected chi connectivity index (χ4v) is 3.93. The van der Waals surface area contributed by atoms with Gasteiger partial charge in [0.25, 0.3) is 0 Å². The summed E-state index contributed by atoms with van der Waals surface area (Å²) in [7, 11) is 1.52. The lowest BCUT2D eigenvalue weighted by atomic mass is 10.1. The molecule has 0 radical (unpaired) electrons. The van der Waals surface area contributed by atoms with E-state index in [1.54, 1.807) is 29.6 Å². The van der Waals surface area contributed by atoms with Crippen LogP contribution in [0.2, 0.25) is 0 Å². The highest BCUT2D eigenvalue weighted by Gasteiger charge is 2.16. The van der Waals surface area contributed by atoms with Crippen LogP contribution in [0.15, 0.2) is 67.6 Å². The number of aromatic nitrogens is 3. The molecule has 0 spiro atoms. The van der Waals surface area contributed by atoms with Crippen molar-refractivity contribution in [1.29, 1.82) is 0 Å². The van der Waals surface area contributed by atoms with Crippen molar-refractivity contribution >= 4 is 22.3 Å². The van der Waals surface area contributed by atoms with E-state index in [0.29, 0.717) is 51.3 Å². The van der Waals surface area contributed by atoms with Gasteiger partial charge in [-0.15, -0.1) is 11.3 Å². The Balaban J connectivity index is 1.41. The Hall–Kier alpha value is -3.85. The van der Waals surface area contributed by atoms with Crippen LogP contribution in [-0.2, 0) is 6.42 Å². The first kappa shape index (κ1) is 19.1. The van der Waals surface area contributed by atoms with Crippen molar-refractivity contribution in [1.82, 2.24) is 15.1 Å². The van der Waals surface area contributed by atoms with Crippen molar-refractivity contribution in [3.63, 3.8) is 0 Å². The van der Waals surface area contributed by atoms with Crippen LogP contribution in [0.25, 0.3) is 33.6 Å². The van der Waals surface area contributed by atoms with Crippen LogP contribution in [0.5, 0.6) is 5.75 Å². The molecule has 154 valence electrons. The van der Waals surface area contributed by atoms with Crippen LogP contribution < -0.4 is 10.4 Å². The summed E-state index contributed by atoms with van der Waals surface area (Å²) in [4.78, 5) is 21.4. The van der Waals surface area contributed by atoms with Crippen molar-refractivity contribution in [2.75, 3.05) is 7.11 Å². The highest BCUT2D eigenvalue weighted by molar-refractivity contribution is 7.10. The number of thiazole rings is 1. The lowest BCUT2D eigenvalue weighted by Gasteiger charge is -2.04. The Morgan fingerprint density at radius 3 is 2.77 bits per heavy atom. The molecule has 0 amide bonds. The molecule has 0 saturated heterocycles. The summed E-state index contributed by atoms with van der Waals surface area (Å²) in [5, 5.41) is 7.16. The maximum Gasteiger partial charge on any atom is 0.345 e. The van der Waals surface area contributed by atoms with Crippen LogP contribution in [0.1, 0.15) is 10.9 Å². The van der Waals surface area contributed by atoms with E-state index in [1.807, 2.05) is 12.1 Å². The second-order valence-corrected chi connectivity index (χ2v) is 7.59. The molecule has 31 heavy (non-hydrogen) atoms. The lowest BCUT2D eigenvalue weighted by molar-refractivity contribution is 0.385. The van der Waals surface area contributed by atoms with E-state index in [2.05, 4.69) is 15.1 Å². The third-order valence-corrected chi connectivity index (χ3v) is 5.49. The average molecular weight is 435 g/mol. The van der Waals surface area contributed by atoms with Crippen molar-refractivity contribution in [3.8, 4) is 28.4 Å². The lowest BCUT2D eigenvalue weighted by Crippen LogP contribution is -2.03. The zero-order chi connectivity index (χ0) is 21.4. The van der Waals surface area contributed by atoms with E-state index in [0.717, 1.165) is 5.39 Å². The highest BCUT2D eigenvalue weighted by atomic mass is 32.1. The Morgan fingerprint density at radius 1 is 1.13 bits per heavy atom. The van der Waals surface area contributed by atoms with Crippen LogP contribution in [0, 0.1) is 5.82 Å². The van der Waals surface area contributed by atoms with Gasteiger partial charge >= 0.3 is 5.63 Å². The molecule has 5 rings (SSSR count). The molecule has 0 saturated carbocycles. The number of benzene rings is 2. The van der Waals surface area contributed by atoms with Gasteiger partial charge in [0, 0.05) is 16.3 Å². The number of ether oxygens (including phenoxy) is 1. The molecule has 0 unspecified atom stereocenters. The molecular weight excluding hydrogens is 421 g/mol. The minimum absolute atomic E-state index is 0.311. The van der Waals surface area contributed by atoms with Gasteiger partial charge < -0.3 is 13.7 Å². The van der Waals surface area contributed by atoms with Gasteiger partial charge in [-0.05, 0) is 36.4 Å². The van der Waals surface area contributed by atoms with Gasteiger partial charge in [0.15, 0.2) is 11.3 Å². The average Bonchev–Trinajstić information content (AvgIpc) is 3.43. The summed E-state index contributed by atoms with van der Waals surface area (Å²) in [6.45, 7) is 0. The van der Waals surface area contributed by atoms with Gasteiger partial charge in [0.05, 0.1) is 24.8 Å². The number of hydrogen-bond donors (Lipinski definition) is 0. The zero-order valence-electron chi connectivity index (χ0n) is 16.2. The third-order valence-electron chi connectivity index (χ3n) is 4.64. The van der Waals surface area contributed by atoms with E-state index in [9.17, 15) is 9.18 Å². The predicted molar refractivity (Wildman–Crippen MR) is 113 cm³/mol. The van der Waals surface area contributed by atoms with E-state index >= 15 is 0 Å². The summed E-state index contributed by atoms with van der Waals surface area (Å²) >= 11 is 1.37. The number of para-hydroxylation sites is 1. The van der Waals surface area contributed by atoms with Gasteiger partial charge in [-0.25, -0.2) is 14.2 Å². The molecule has 0 aliphatic carbocycles. The van der Waals surface area contributed by atoms with Gasteiger partial charge in [0.1, 0.15) is 10.8 Å². The molecule has 0 fully saturated rings. The molecule has 0 atom stereocenters. The van der Waals surface area contributed by atoms with Crippen LogP contribution >= 0.6 is 11.3 Å².